The topological polar surface area (TPSA) is 117 Å². The Balaban J connectivity index is 1.52. The number of unbranched alkanes of at least 4 members (excludes halogenated alkanes) is 1. The predicted octanol–water partition coefficient (Wildman–Crippen LogP) is 4.04. The number of rotatable bonds is 10. The van der Waals surface area contributed by atoms with Crippen LogP contribution in [-0.4, -0.2) is 87.6 Å². The molecule has 44 heavy (non-hydrogen) atoms. The molecular formula is C32H46FN3O7Si. The third-order valence-corrected chi connectivity index (χ3v) is 12.6. The molecule has 0 aliphatic carbocycles. The second kappa shape index (κ2) is 12.9. The molecule has 4 aliphatic heterocycles. The summed E-state index contributed by atoms with van der Waals surface area (Å²) in [7, 11) is -2.14. The minimum Gasteiger partial charge on any atom is -0.469 e. The van der Waals surface area contributed by atoms with Crippen LogP contribution in [0.1, 0.15) is 70.3 Å². The number of hydrogen-bond donors (Lipinski definition) is 1. The van der Waals surface area contributed by atoms with Crippen molar-refractivity contribution in [2.24, 2.45) is 5.92 Å². The predicted molar refractivity (Wildman–Crippen MR) is 165 cm³/mol. The molecule has 3 amide bonds. The highest BCUT2D eigenvalue weighted by atomic mass is 28.4. The Labute approximate surface area is 260 Å². The van der Waals surface area contributed by atoms with Gasteiger partial charge in [0.25, 0.3) is 5.91 Å². The largest absolute Gasteiger partial charge is 0.469 e. The fraction of sp³-hybridized carbons (Fsp3) is 0.688. The summed E-state index contributed by atoms with van der Waals surface area (Å²) in [5.74, 6) is -1.36. The SMILES string of the molecule is COC(=O)CCCCN1C(=O)[C@@]2(O[C@@H](CC(=O)N3CCC[C@H]3CO)[C@H]([Si](C)(C)F)[C@H]2C)c2cc(N3CCCCC3=O)ccc21. The zero-order valence-corrected chi connectivity index (χ0v) is 27.4. The van der Waals surface area contributed by atoms with E-state index in [0.29, 0.717) is 55.8 Å². The van der Waals surface area contributed by atoms with Gasteiger partial charge < -0.3 is 33.4 Å². The van der Waals surface area contributed by atoms with E-state index in [9.17, 15) is 24.3 Å². The van der Waals surface area contributed by atoms with Crippen molar-refractivity contribution in [3.8, 4) is 0 Å². The van der Waals surface area contributed by atoms with Gasteiger partial charge in [-0.15, -0.1) is 0 Å². The lowest BCUT2D eigenvalue weighted by Gasteiger charge is -2.32. The molecule has 4 aliphatic rings. The Bertz CT molecular complexity index is 1290. The van der Waals surface area contributed by atoms with E-state index in [1.807, 2.05) is 25.1 Å². The second-order valence-corrected chi connectivity index (χ2v) is 17.0. The van der Waals surface area contributed by atoms with E-state index in [-0.39, 0.29) is 49.2 Å². The van der Waals surface area contributed by atoms with Crippen LogP contribution in [0.2, 0.25) is 18.6 Å². The molecule has 0 bridgehead atoms. The number of carbonyl (C=O) groups excluding carboxylic acids is 4. The van der Waals surface area contributed by atoms with Gasteiger partial charge in [0.05, 0.1) is 38.0 Å². The molecule has 12 heteroatoms. The van der Waals surface area contributed by atoms with E-state index in [4.69, 9.17) is 9.47 Å². The first-order valence-corrected chi connectivity index (χ1v) is 19.0. The zero-order chi connectivity index (χ0) is 31.8. The lowest BCUT2D eigenvalue weighted by molar-refractivity contribution is -0.150. The van der Waals surface area contributed by atoms with Crippen molar-refractivity contribution >= 4 is 43.5 Å². The van der Waals surface area contributed by atoms with Gasteiger partial charge in [0.1, 0.15) is 0 Å². The summed E-state index contributed by atoms with van der Waals surface area (Å²) < 4.78 is 27.8. The maximum Gasteiger partial charge on any atom is 0.305 e. The van der Waals surface area contributed by atoms with E-state index >= 15 is 4.11 Å². The van der Waals surface area contributed by atoms with Gasteiger partial charge in [0.15, 0.2) is 5.60 Å². The lowest BCUT2D eigenvalue weighted by Crippen LogP contribution is -2.45. The molecule has 5 rings (SSSR count). The highest BCUT2D eigenvalue weighted by Gasteiger charge is 2.67. The van der Waals surface area contributed by atoms with Crippen molar-refractivity contribution in [2.75, 3.05) is 43.2 Å². The highest BCUT2D eigenvalue weighted by molar-refractivity contribution is 6.72. The minimum atomic E-state index is -3.49. The van der Waals surface area contributed by atoms with Gasteiger partial charge in [-0.3, -0.25) is 19.2 Å². The van der Waals surface area contributed by atoms with Crippen molar-refractivity contribution in [3.05, 3.63) is 23.8 Å². The molecule has 1 spiro atoms. The van der Waals surface area contributed by atoms with Crippen LogP contribution in [0.25, 0.3) is 0 Å². The molecule has 4 heterocycles. The van der Waals surface area contributed by atoms with E-state index in [1.165, 1.54) is 7.11 Å². The summed E-state index contributed by atoms with van der Waals surface area (Å²) >= 11 is 0. The molecule has 1 aromatic rings. The number of anilines is 2. The summed E-state index contributed by atoms with van der Waals surface area (Å²) in [5.41, 5.74) is -0.221. The molecule has 1 aromatic carbocycles. The van der Waals surface area contributed by atoms with Crippen molar-refractivity contribution < 1.29 is 37.9 Å². The molecule has 0 radical (unpaired) electrons. The number of amides is 3. The first kappa shape index (κ1) is 32.6. The third kappa shape index (κ3) is 5.80. The van der Waals surface area contributed by atoms with Gasteiger partial charge in [-0.2, -0.15) is 0 Å². The van der Waals surface area contributed by atoms with E-state index < -0.39 is 31.6 Å². The molecule has 0 saturated carbocycles. The number of methoxy groups -OCH3 is 1. The molecule has 10 nitrogen and oxygen atoms in total. The number of halogens is 1. The summed E-state index contributed by atoms with van der Waals surface area (Å²) in [6.45, 7) is 6.39. The van der Waals surface area contributed by atoms with Crippen molar-refractivity contribution in [3.63, 3.8) is 0 Å². The van der Waals surface area contributed by atoms with Gasteiger partial charge in [-0.05, 0) is 69.8 Å². The number of carbonyl (C=O) groups is 4. The van der Waals surface area contributed by atoms with Crippen LogP contribution in [0.5, 0.6) is 0 Å². The summed E-state index contributed by atoms with van der Waals surface area (Å²) in [4.78, 5) is 57.8. The first-order chi connectivity index (χ1) is 20.9. The Morgan fingerprint density at radius 3 is 2.61 bits per heavy atom. The maximum absolute atomic E-state index is 16.3. The van der Waals surface area contributed by atoms with Gasteiger partial charge in [0, 0.05) is 55.2 Å². The number of esters is 1. The number of ether oxygens (including phenoxy) is 2. The van der Waals surface area contributed by atoms with Crippen LogP contribution in [0.4, 0.5) is 15.5 Å². The number of aliphatic hydroxyl groups excluding tert-OH is 1. The lowest BCUT2D eigenvalue weighted by atomic mass is 9.82. The number of benzene rings is 1. The Morgan fingerprint density at radius 2 is 1.93 bits per heavy atom. The molecule has 3 saturated heterocycles. The molecule has 0 aromatic heterocycles. The van der Waals surface area contributed by atoms with Crippen molar-refractivity contribution in [1.82, 2.24) is 4.90 Å². The number of likely N-dealkylation sites (tertiary alicyclic amines) is 1. The molecule has 1 N–H and O–H groups in total. The van der Waals surface area contributed by atoms with Gasteiger partial charge in [0.2, 0.25) is 20.2 Å². The van der Waals surface area contributed by atoms with Crippen LogP contribution >= 0.6 is 0 Å². The van der Waals surface area contributed by atoms with E-state index in [0.717, 1.165) is 25.7 Å². The van der Waals surface area contributed by atoms with Gasteiger partial charge >= 0.3 is 5.97 Å². The van der Waals surface area contributed by atoms with Crippen LogP contribution in [0, 0.1) is 5.92 Å². The monoisotopic (exact) mass is 631 g/mol. The third-order valence-electron chi connectivity index (χ3n) is 10.1. The summed E-state index contributed by atoms with van der Waals surface area (Å²) in [6, 6.07) is 5.29. The molecular weight excluding hydrogens is 585 g/mol. The quantitative estimate of drug-likeness (QED) is 0.179. The molecule has 3 fully saturated rings. The number of hydrogen-bond acceptors (Lipinski definition) is 7. The standard InChI is InChI=1S/C32H46FN3O7Si/c1-21-30(44(3,4)33)26(19-28(39)35-17-9-10-23(35)20-37)43-32(21)24-18-22(34-15-7-5-11-27(34)38)13-14-25(24)36(31(32)41)16-8-6-12-29(40)42-2/h13-14,18,21,23,26,30,37H,5-12,15-17,19-20H2,1-4H3/t21-,23+,26+,30-,32+/m1/s1. The van der Waals surface area contributed by atoms with Crippen LogP contribution < -0.4 is 9.80 Å². The zero-order valence-electron chi connectivity index (χ0n) is 26.4. The summed E-state index contributed by atoms with van der Waals surface area (Å²) in [6.07, 6.45) is 4.11. The van der Waals surface area contributed by atoms with Gasteiger partial charge in [-0.1, -0.05) is 6.92 Å². The fourth-order valence-corrected chi connectivity index (χ4v) is 10.5. The van der Waals surface area contributed by atoms with Crippen LogP contribution in [0.3, 0.4) is 0 Å². The number of aliphatic hydroxyl groups is 1. The fourth-order valence-electron chi connectivity index (χ4n) is 7.99. The average Bonchev–Trinajstić information content (AvgIpc) is 3.65. The summed E-state index contributed by atoms with van der Waals surface area (Å²) in [5, 5.41) is 9.81. The maximum atomic E-state index is 16.3. The number of fused-ring (bicyclic) bond motifs is 2. The highest BCUT2D eigenvalue weighted by Crippen LogP contribution is 2.60. The van der Waals surface area contributed by atoms with E-state index in [1.54, 1.807) is 27.8 Å². The van der Waals surface area contributed by atoms with Crippen LogP contribution in [0.15, 0.2) is 18.2 Å². The Kier molecular flexibility index (Phi) is 9.53. The number of nitrogens with zero attached hydrogens (tertiary/aromatic N) is 3. The van der Waals surface area contributed by atoms with Crippen molar-refractivity contribution in [2.45, 2.75) is 101 Å². The Morgan fingerprint density at radius 1 is 1.16 bits per heavy atom. The Hall–Kier alpha value is -2.83. The molecule has 0 unspecified atom stereocenters. The average molecular weight is 632 g/mol. The van der Waals surface area contributed by atoms with Gasteiger partial charge in [-0.25, -0.2) is 0 Å². The normalized spacial score (nSPS) is 28.7. The minimum absolute atomic E-state index is 0.0253. The first-order valence-electron chi connectivity index (χ1n) is 16.0. The van der Waals surface area contributed by atoms with Crippen LogP contribution in [-0.2, 0) is 34.3 Å². The molecule has 5 atom stereocenters. The molecule has 242 valence electrons. The van der Waals surface area contributed by atoms with E-state index in [2.05, 4.69) is 0 Å². The van der Waals surface area contributed by atoms with Crippen molar-refractivity contribution in [1.29, 1.82) is 0 Å². The smallest absolute Gasteiger partial charge is 0.305 e. The number of piperidine rings is 1. The second-order valence-electron chi connectivity index (χ2n) is 13.2.